The van der Waals surface area contributed by atoms with Crippen molar-refractivity contribution in [3.63, 3.8) is 0 Å². The van der Waals surface area contributed by atoms with Crippen LogP contribution < -0.4 is 10.1 Å². The van der Waals surface area contributed by atoms with Gasteiger partial charge in [-0.3, -0.25) is 0 Å². The van der Waals surface area contributed by atoms with E-state index >= 15 is 0 Å². The molecule has 0 unspecified atom stereocenters. The number of nitrogens with one attached hydrogen (secondary N) is 1. The zero-order valence-electron chi connectivity index (χ0n) is 11.2. The molecular weight excluding hydrogens is 280 g/mol. The third-order valence-electron chi connectivity index (χ3n) is 3.48. The average Bonchev–Trinajstić information content (AvgIpc) is 2.80. The zero-order chi connectivity index (χ0) is 12.5. The SMILES string of the molecule is Cc1ccc(C)c2sc(OC3CCNCC3)nc12.Cl. The minimum atomic E-state index is 0. The van der Waals surface area contributed by atoms with Gasteiger partial charge in [0.15, 0.2) is 0 Å². The molecule has 3 nitrogen and oxygen atoms in total. The molecule has 1 N–H and O–H groups in total. The van der Waals surface area contributed by atoms with E-state index in [9.17, 15) is 0 Å². The maximum atomic E-state index is 6.02. The summed E-state index contributed by atoms with van der Waals surface area (Å²) < 4.78 is 7.28. The molecule has 1 aromatic carbocycles. The van der Waals surface area contributed by atoms with Gasteiger partial charge in [-0.2, -0.15) is 0 Å². The minimum Gasteiger partial charge on any atom is -0.467 e. The van der Waals surface area contributed by atoms with E-state index in [1.807, 2.05) is 0 Å². The highest BCUT2D eigenvalue weighted by Crippen LogP contribution is 2.33. The van der Waals surface area contributed by atoms with Gasteiger partial charge < -0.3 is 10.1 Å². The molecule has 19 heavy (non-hydrogen) atoms. The van der Waals surface area contributed by atoms with Crippen LogP contribution in [0.2, 0.25) is 0 Å². The van der Waals surface area contributed by atoms with E-state index in [4.69, 9.17) is 4.74 Å². The van der Waals surface area contributed by atoms with Crippen LogP contribution in [0.25, 0.3) is 10.2 Å². The molecule has 1 aliphatic heterocycles. The van der Waals surface area contributed by atoms with Gasteiger partial charge in [0.1, 0.15) is 6.10 Å². The van der Waals surface area contributed by atoms with Crippen LogP contribution >= 0.6 is 23.7 Å². The van der Waals surface area contributed by atoms with Gasteiger partial charge in [-0.15, -0.1) is 12.4 Å². The Morgan fingerprint density at radius 2 is 1.89 bits per heavy atom. The molecule has 2 heterocycles. The number of nitrogens with zero attached hydrogens (tertiary/aromatic N) is 1. The Balaban J connectivity index is 0.00000133. The molecule has 0 saturated carbocycles. The molecule has 3 rings (SSSR count). The Kier molecular flexibility index (Phi) is 4.66. The van der Waals surface area contributed by atoms with Crippen molar-refractivity contribution >= 4 is 34.0 Å². The first kappa shape index (κ1) is 14.6. The van der Waals surface area contributed by atoms with Crippen molar-refractivity contribution in [2.75, 3.05) is 13.1 Å². The lowest BCUT2D eigenvalue weighted by molar-refractivity contribution is 0.162. The summed E-state index contributed by atoms with van der Waals surface area (Å²) in [5, 5.41) is 4.18. The number of halogens is 1. The summed E-state index contributed by atoms with van der Waals surface area (Å²) in [6.07, 6.45) is 2.48. The van der Waals surface area contributed by atoms with Gasteiger partial charge in [-0.05, 0) is 50.9 Å². The summed E-state index contributed by atoms with van der Waals surface area (Å²) in [4.78, 5) is 4.64. The second kappa shape index (κ2) is 6.07. The summed E-state index contributed by atoms with van der Waals surface area (Å²) in [5.41, 5.74) is 3.62. The van der Waals surface area contributed by atoms with Crippen LogP contribution in [0.5, 0.6) is 5.19 Å². The van der Waals surface area contributed by atoms with Crippen LogP contribution in [-0.4, -0.2) is 24.2 Å². The zero-order valence-corrected chi connectivity index (χ0v) is 12.9. The lowest BCUT2D eigenvalue weighted by Gasteiger charge is -2.22. The Bertz CT molecular complexity index is 525. The number of fused-ring (bicyclic) bond motifs is 1. The summed E-state index contributed by atoms with van der Waals surface area (Å²) in [6, 6.07) is 4.29. The van der Waals surface area contributed by atoms with Crippen LogP contribution in [-0.2, 0) is 0 Å². The molecule has 0 atom stereocenters. The van der Waals surface area contributed by atoms with Crippen molar-refractivity contribution in [2.24, 2.45) is 0 Å². The highest BCUT2D eigenvalue weighted by molar-refractivity contribution is 7.20. The predicted molar refractivity (Wildman–Crippen MR) is 82.9 cm³/mol. The average molecular weight is 299 g/mol. The van der Waals surface area contributed by atoms with Crippen molar-refractivity contribution in [2.45, 2.75) is 32.8 Å². The molecule has 0 bridgehead atoms. The van der Waals surface area contributed by atoms with Gasteiger partial charge >= 0.3 is 0 Å². The van der Waals surface area contributed by atoms with Crippen molar-refractivity contribution in [1.29, 1.82) is 0 Å². The second-order valence-electron chi connectivity index (χ2n) is 4.92. The number of benzene rings is 1. The van der Waals surface area contributed by atoms with Crippen LogP contribution in [0.1, 0.15) is 24.0 Å². The maximum absolute atomic E-state index is 6.02. The van der Waals surface area contributed by atoms with E-state index in [0.717, 1.165) is 36.6 Å². The molecule has 0 aliphatic carbocycles. The van der Waals surface area contributed by atoms with Crippen molar-refractivity contribution < 1.29 is 4.74 Å². The fourth-order valence-electron chi connectivity index (χ4n) is 2.35. The van der Waals surface area contributed by atoms with Gasteiger partial charge in [0.05, 0.1) is 10.2 Å². The smallest absolute Gasteiger partial charge is 0.274 e. The van der Waals surface area contributed by atoms with Crippen LogP contribution in [0.4, 0.5) is 0 Å². The molecule has 1 aromatic heterocycles. The largest absolute Gasteiger partial charge is 0.467 e. The van der Waals surface area contributed by atoms with Crippen LogP contribution in [0.3, 0.4) is 0 Å². The topological polar surface area (TPSA) is 34.1 Å². The monoisotopic (exact) mass is 298 g/mol. The Hall–Kier alpha value is -0.840. The number of hydrogen-bond donors (Lipinski definition) is 1. The lowest BCUT2D eigenvalue weighted by atomic mass is 10.1. The van der Waals surface area contributed by atoms with Crippen molar-refractivity contribution in [1.82, 2.24) is 10.3 Å². The van der Waals surface area contributed by atoms with E-state index in [-0.39, 0.29) is 12.4 Å². The molecule has 0 radical (unpaired) electrons. The van der Waals surface area contributed by atoms with E-state index in [1.165, 1.54) is 15.8 Å². The summed E-state index contributed by atoms with van der Waals surface area (Å²) in [7, 11) is 0. The summed E-state index contributed by atoms with van der Waals surface area (Å²) in [6.45, 7) is 6.34. The third kappa shape index (κ3) is 3.02. The van der Waals surface area contributed by atoms with Crippen molar-refractivity contribution in [3.8, 4) is 5.19 Å². The number of piperidine rings is 1. The Morgan fingerprint density at radius 1 is 1.21 bits per heavy atom. The van der Waals surface area contributed by atoms with Crippen LogP contribution in [0, 0.1) is 13.8 Å². The van der Waals surface area contributed by atoms with E-state index < -0.39 is 0 Å². The second-order valence-corrected chi connectivity index (χ2v) is 5.89. The predicted octanol–water partition coefficient (Wildman–Crippen LogP) is 3.47. The van der Waals surface area contributed by atoms with Crippen molar-refractivity contribution in [3.05, 3.63) is 23.3 Å². The fourth-order valence-corrected chi connectivity index (χ4v) is 3.37. The Labute approximate surface area is 123 Å². The molecule has 0 amide bonds. The van der Waals surface area contributed by atoms with E-state index in [0.29, 0.717) is 6.10 Å². The number of thiazole rings is 1. The summed E-state index contributed by atoms with van der Waals surface area (Å²) >= 11 is 1.68. The normalized spacial score (nSPS) is 16.3. The minimum absolute atomic E-state index is 0. The van der Waals surface area contributed by atoms with E-state index in [1.54, 1.807) is 11.3 Å². The maximum Gasteiger partial charge on any atom is 0.274 e. The molecular formula is C14H19ClN2OS. The molecule has 0 spiro atoms. The number of ether oxygens (including phenoxy) is 1. The highest BCUT2D eigenvalue weighted by Gasteiger charge is 2.17. The molecule has 1 fully saturated rings. The summed E-state index contributed by atoms with van der Waals surface area (Å²) in [5.74, 6) is 0. The standard InChI is InChI=1S/C14H18N2OS.ClH/c1-9-3-4-10(2)13-12(9)16-14(18-13)17-11-5-7-15-8-6-11;/h3-4,11,15H,5-8H2,1-2H3;1H. The number of aryl methyl sites for hydroxylation is 2. The quantitative estimate of drug-likeness (QED) is 0.922. The molecule has 5 heteroatoms. The van der Waals surface area contributed by atoms with Gasteiger partial charge in [-0.1, -0.05) is 23.5 Å². The van der Waals surface area contributed by atoms with Gasteiger partial charge in [-0.25, -0.2) is 4.98 Å². The number of hydrogen-bond acceptors (Lipinski definition) is 4. The number of rotatable bonds is 2. The fraction of sp³-hybridized carbons (Fsp3) is 0.500. The molecule has 1 saturated heterocycles. The molecule has 104 valence electrons. The van der Waals surface area contributed by atoms with Crippen LogP contribution in [0.15, 0.2) is 12.1 Å². The van der Waals surface area contributed by atoms with Gasteiger partial charge in [0, 0.05) is 0 Å². The molecule has 2 aromatic rings. The highest BCUT2D eigenvalue weighted by atomic mass is 35.5. The number of aromatic nitrogens is 1. The van der Waals surface area contributed by atoms with E-state index in [2.05, 4.69) is 36.3 Å². The third-order valence-corrected chi connectivity index (χ3v) is 4.56. The first-order chi connectivity index (χ1) is 8.74. The van der Waals surface area contributed by atoms with Gasteiger partial charge in [0.25, 0.3) is 5.19 Å². The lowest BCUT2D eigenvalue weighted by Crippen LogP contribution is -2.34. The molecule has 1 aliphatic rings. The Morgan fingerprint density at radius 3 is 2.58 bits per heavy atom. The first-order valence-electron chi connectivity index (χ1n) is 6.48. The first-order valence-corrected chi connectivity index (χ1v) is 7.30. The van der Waals surface area contributed by atoms with Gasteiger partial charge in [0.2, 0.25) is 0 Å².